The van der Waals surface area contributed by atoms with Crippen LogP contribution < -0.4 is 5.32 Å². The molecule has 0 aliphatic rings. The Labute approximate surface area is 103 Å². The molecule has 0 radical (unpaired) electrons. The molecule has 0 fully saturated rings. The summed E-state index contributed by atoms with van der Waals surface area (Å²) in [6.45, 7) is 2.63. The summed E-state index contributed by atoms with van der Waals surface area (Å²) in [6, 6.07) is 7.36. The molecule has 0 aliphatic heterocycles. The Bertz CT molecular complexity index is 337. The third-order valence-corrected chi connectivity index (χ3v) is 2.40. The number of aromatic hydroxyl groups is 1. The lowest BCUT2D eigenvalue weighted by atomic mass is 10.1. The molecule has 0 saturated carbocycles. The first-order chi connectivity index (χ1) is 8.33. The Balaban J connectivity index is 2.10. The van der Waals surface area contributed by atoms with Gasteiger partial charge >= 0.3 is 0 Å². The molecule has 1 rings (SSSR count). The van der Waals surface area contributed by atoms with Crippen LogP contribution in [-0.4, -0.2) is 31.9 Å². The molecule has 3 heteroatoms. The fraction of sp³-hybridized carbons (Fsp3) is 0.429. The number of nitrogens with one attached hydrogen (secondary N) is 1. The van der Waals surface area contributed by atoms with Crippen LogP contribution in [0.25, 0.3) is 0 Å². The number of rotatable bonds is 8. The van der Waals surface area contributed by atoms with Crippen molar-refractivity contribution in [3.8, 4) is 5.75 Å². The maximum Gasteiger partial charge on any atom is 0.115 e. The summed E-state index contributed by atoms with van der Waals surface area (Å²) in [4.78, 5) is 0. The molecule has 0 atom stereocenters. The van der Waals surface area contributed by atoms with Gasteiger partial charge in [-0.2, -0.15) is 0 Å². The van der Waals surface area contributed by atoms with Crippen molar-refractivity contribution in [1.29, 1.82) is 0 Å². The SMILES string of the molecule is COCCNCCC=CCc1cccc(O)c1. The average molecular weight is 235 g/mol. The predicted molar refractivity (Wildman–Crippen MR) is 70.3 cm³/mol. The molecule has 0 aromatic heterocycles. The molecule has 2 N–H and O–H groups in total. The second-order valence-electron chi connectivity index (χ2n) is 3.88. The molecule has 0 unspecified atom stereocenters. The Morgan fingerprint density at radius 3 is 2.94 bits per heavy atom. The highest BCUT2D eigenvalue weighted by Crippen LogP contribution is 2.11. The Hall–Kier alpha value is -1.32. The lowest BCUT2D eigenvalue weighted by molar-refractivity contribution is 0.199. The average Bonchev–Trinajstić information content (AvgIpc) is 2.33. The van der Waals surface area contributed by atoms with Gasteiger partial charge in [-0.3, -0.25) is 0 Å². The van der Waals surface area contributed by atoms with E-state index in [1.54, 1.807) is 19.2 Å². The van der Waals surface area contributed by atoms with Crippen LogP contribution in [0.4, 0.5) is 0 Å². The summed E-state index contributed by atoms with van der Waals surface area (Å²) >= 11 is 0. The van der Waals surface area contributed by atoms with Gasteiger partial charge in [0.05, 0.1) is 6.61 Å². The molecule has 0 amide bonds. The molecule has 1 aromatic carbocycles. The quantitative estimate of drug-likeness (QED) is 0.535. The van der Waals surface area contributed by atoms with E-state index in [0.717, 1.165) is 38.1 Å². The topological polar surface area (TPSA) is 41.5 Å². The van der Waals surface area contributed by atoms with Crippen molar-refractivity contribution in [2.75, 3.05) is 26.8 Å². The van der Waals surface area contributed by atoms with Gasteiger partial charge in [-0.25, -0.2) is 0 Å². The first kappa shape index (κ1) is 13.7. The van der Waals surface area contributed by atoms with E-state index < -0.39 is 0 Å². The van der Waals surface area contributed by atoms with Gasteiger partial charge in [0.25, 0.3) is 0 Å². The molecule has 0 aliphatic carbocycles. The minimum Gasteiger partial charge on any atom is -0.508 e. The van der Waals surface area contributed by atoms with Crippen LogP contribution in [0, 0.1) is 0 Å². The molecular weight excluding hydrogens is 214 g/mol. The summed E-state index contributed by atoms with van der Waals surface area (Å²) in [7, 11) is 1.71. The van der Waals surface area contributed by atoms with Crippen molar-refractivity contribution >= 4 is 0 Å². The lowest BCUT2D eigenvalue weighted by Gasteiger charge is -2.00. The normalized spacial score (nSPS) is 11.1. The van der Waals surface area contributed by atoms with Crippen LogP contribution in [0.5, 0.6) is 5.75 Å². The molecule has 1 aromatic rings. The van der Waals surface area contributed by atoms with Gasteiger partial charge in [0, 0.05) is 13.7 Å². The van der Waals surface area contributed by atoms with Crippen molar-refractivity contribution < 1.29 is 9.84 Å². The lowest BCUT2D eigenvalue weighted by Crippen LogP contribution is -2.19. The fourth-order valence-electron chi connectivity index (χ4n) is 1.51. The highest BCUT2D eigenvalue weighted by molar-refractivity contribution is 5.28. The summed E-state index contributed by atoms with van der Waals surface area (Å²) in [5.74, 6) is 0.331. The van der Waals surface area contributed by atoms with Gasteiger partial charge in [0.15, 0.2) is 0 Å². The van der Waals surface area contributed by atoms with Gasteiger partial charge in [-0.05, 0) is 37.1 Å². The molecule has 0 bridgehead atoms. The van der Waals surface area contributed by atoms with E-state index in [-0.39, 0.29) is 0 Å². The zero-order valence-electron chi connectivity index (χ0n) is 10.4. The number of ether oxygens (including phenoxy) is 1. The predicted octanol–water partition coefficient (Wildman–Crippen LogP) is 2.12. The number of hydrogen-bond donors (Lipinski definition) is 2. The van der Waals surface area contributed by atoms with Gasteiger partial charge in [-0.1, -0.05) is 24.3 Å². The van der Waals surface area contributed by atoms with Crippen LogP contribution in [0.2, 0.25) is 0 Å². The van der Waals surface area contributed by atoms with Crippen LogP contribution >= 0.6 is 0 Å². The molecule has 0 saturated heterocycles. The molecular formula is C14H21NO2. The summed E-state index contributed by atoms with van der Waals surface area (Å²) in [6.07, 6.45) is 6.17. The second-order valence-corrected chi connectivity index (χ2v) is 3.88. The standard InChI is InChI=1S/C14H21NO2/c1-17-11-10-15-9-4-2-3-6-13-7-5-8-14(16)12-13/h2-3,5,7-8,12,15-16H,4,6,9-11H2,1H3. The number of methoxy groups -OCH3 is 1. The third kappa shape index (κ3) is 6.76. The zero-order chi connectivity index (χ0) is 12.3. The first-order valence-corrected chi connectivity index (χ1v) is 5.95. The molecule has 0 spiro atoms. The van der Waals surface area contributed by atoms with Crippen LogP contribution in [0.15, 0.2) is 36.4 Å². The fourth-order valence-corrected chi connectivity index (χ4v) is 1.51. The first-order valence-electron chi connectivity index (χ1n) is 5.95. The van der Waals surface area contributed by atoms with Crippen molar-refractivity contribution in [2.24, 2.45) is 0 Å². The van der Waals surface area contributed by atoms with Crippen molar-refractivity contribution in [3.63, 3.8) is 0 Å². The molecule has 17 heavy (non-hydrogen) atoms. The van der Waals surface area contributed by atoms with E-state index in [2.05, 4.69) is 17.5 Å². The number of phenolic OH excluding ortho intramolecular Hbond substituents is 1. The zero-order valence-corrected chi connectivity index (χ0v) is 10.4. The second kappa shape index (κ2) is 8.79. The minimum atomic E-state index is 0.331. The van der Waals surface area contributed by atoms with E-state index in [9.17, 15) is 5.11 Å². The number of phenols is 1. The number of allylic oxidation sites excluding steroid dienone is 1. The maximum atomic E-state index is 9.29. The minimum absolute atomic E-state index is 0.331. The Morgan fingerprint density at radius 2 is 2.18 bits per heavy atom. The van der Waals surface area contributed by atoms with E-state index in [4.69, 9.17) is 4.74 Å². The van der Waals surface area contributed by atoms with E-state index >= 15 is 0 Å². The Morgan fingerprint density at radius 1 is 1.29 bits per heavy atom. The van der Waals surface area contributed by atoms with Gasteiger partial charge in [0.1, 0.15) is 5.75 Å². The number of benzene rings is 1. The summed E-state index contributed by atoms with van der Waals surface area (Å²) in [5.41, 5.74) is 1.13. The highest BCUT2D eigenvalue weighted by Gasteiger charge is 1.91. The van der Waals surface area contributed by atoms with Gasteiger partial charge in [0.2, 0.25) is 0 Å². The summed E-state index contributed by atoms with van der Waals surface area (Å²) in [5, 5.41) is 12.6. The monoisotopic (exact) mass is 235 g/mol. The largest absolute Gasteiger partial charge is 0.508 e. The van der Waals surface area contributed by atoms with Crippen LogP contribution in [-0.2, 0) is 11.2 Å². The van der Waals surface area contributed by atoms with Crippen LogP contribution in [0.3, 0.4) is 0 Å². The van der Waals surface area contributed by atoms with Crippen LogP contribution in [0.1, 0.15) is 12.0 Å². The van der Waals surface area contributed by atoms with Crippen molar-refractivity contribution in [3.05, 3.63) is 42.0 Å². The van der Waals surface area contributed by atoms with Crippen molar-refractivity contribution in [1.82, 2.24) is 5.32 Å². The van der Waals surface area contributed by atoms with Gasteiger partial charge in [-0.15, -0.1) is 0 Å². The summed E-state index contributed by atoms with van der Waals surface area (Å²) < 4.78 is 4.93. The number of hydrogen-bond acceptors (Lipinski definition) is 3. The smallest absolute Gasteiger partial charge is 0.115 e. The molecule has 0 heterocycles. The Kier molecular flexibility index (Phi) is 7.11. The molecule has 3 nitrogen and oxygen atoms in total. The van der Waals surface area contributed by atoms with E-state index in [1.165, 1.54) is 0 Å². The molecule has 94 valence electrons. The third-order valence-electron chi connectivity index (χ3n) is 2.40. The van der Waals surface area contributed by atoms with Gasteiger partial charge < -0.3 is 15.2 Å². The maximum absolute atomic E-state index is 9.29. The van der Waals surface area contributed by atoms with E-state index in [1.807, 2.05) is 12.1 Å². The van der Waals surface area contributed by atoms with Crippen molar-refractivity contribution in [2.45, 2.75) is 12.8 Å². The highest BCUT2D eigenvalue weighted by atomic mass is 16.5. The van der Waals surface area contributed by atoms with E-state index in [0.29, 0.717) is 5.75 Å².